The van der Waals surface area contributed by atoms with Gasteiger partial charge in [-0.3, -0.25) is 0 Å². The first-order chi connectivity index (χ1) is 10.5. The van der Waals surface area contributed by atoms with E-state index in [1.807, 2.05) is 0 Å². The summed E-state index contributed by atoms with van der Waals surface area (Å²) in [5.74, 6) is -3.83. The standard InChI is InChI=1S/C15H13F2NO4/c16-11-2-1-3-13(14(11)17)22-7-6-18-9-4-5-12(19)10(8-9)15(20)21/h1-5,8,18-19H,6-7H2,(H,20,21). The lowest BCUT2D eigenvalue weighted by atomic mass is 10.2. The predicted octanol–water partition coefficient (Wildman–Crippen LogP) is 2.86. The zero-order valence-corrected chi connectivity index (χ0v) is 11.3. The van der Waals surface area contributed by atoms with Crippen LogP contribution in [0.3, 0.4) is 0 Å². The van der Waals surface area contributed by atoms with Crippen molar-refractivity contribution in [2.75, 3.05) is 18.5 Å². The Balaban J connectivity index is 1.90. The number of benzene rings is 2. The van der Waals surface area contributed by atoms with Gasteiger partial charge in [0.2, 0.25) is 5.82 Å². The van der Waals surface area contributed by atoms with Crippen molar-refractivity contribution in [3.8, 4) is 11.5 Å². The number of rotatable bonds is 6. The molecule has 0 fully saturated rings. The first-order valence-electron chi connectivity index (χ1n) is 6.36. The second-order valence-corrected chi connectivity index (χ2v) is 4.36. The number of aromatic hydroxyl groups is 1. The molecule has 0 aromatic heterocycles. The lowest BCUT2D eigenvalue weighted by Crippen LogP contribution is -2.12. The van der Waals surface area contributed by atoms with Crippen molar-refractivity contribution in [1.82, 2.24) is 0 Å². The van der Waals surface area contributed by atoms with Crippen molar-refractivity contribution >= 4 is 11.7 Å². The van der Waals surface area contributed by atoms with E-state index in [2.05, 4.69) is 5.32 Å². The molecule has 0 saturated heterocycles. The lowest BCUT2D eigenvalue weighted by molar-refractivity contribution is 0.0694. The van der Waals surface area contributed by atoms with E-state index in [-0.39, 0.29) is 30.2 Å². The summed E-state index contributed by atoms with van der Waals surface area (Å²) < 4.78 is 31.4. The Hall–Kier alpha value is -2.83. The average Bonchev–Trinajstić information content (AvgIpc) is 2.49. The summed E-state index contributed by atoms with van der Waals surface area (Å²) in [6.07, 6.45) is 0. The van der Waals surface area contributed by atoms with Crippen molar-refractivity contribution in [2.45, 2.75) is 0 Å². The van der Waals surface area contributed by atoms with Crippen molar-refractivity contribution in [3.05, 3.63) is 53.6 Å². The van der Waals surface area contributed by atoms with E-state index < -0.39 is 17.6 Å². The van der Waals surface area contributed by atoms with Crippen molar-refractivity contribution in [1.29, 1.82) is 0 Å². The van der Waals surface area contributed by atoms with E-state index in [1.54, 1.807) is 0 Å². The third-order valence-electron chi connectivity index (χ3n) is 2.83. The molecule has 7 heteroatoms. The highest BCUT2D eigenvalue weighted by Gasteiger charge is 2.10. The molecule has 22 heavy (non-hydrogen) atoms. The van der Waals surface area contributed by atoms with E-state index in [0.29, 0.717) is 5.69 Å². The number of anilines is 1. The molecular weight excluding hydrogens is 296 g/mol. The van der Waals surface area contributed by atoms with Gasteiger partial charge in [0.05, 0.1) is 0 Å². The zero-order valence-electron chi connectivity index (χ0n) is 11.3. The smallest absolute Gasteiger partial charge is 0.339 e. The number of aromatic carboxylic acids is 1. The van der Waals surface area contributed by atoms with Gasteiger partial charge in [0.25, 0.3) is 0 Å². The number of ether oxygens (including phenoxy) is 1. The summed E-state index contributed by atoms with van der Waals surface area (Å²) >= 11 is 0. The monoisotopic (exact) mass is 309 g/mol. The van der Waals surface area contributed by atoms with Gasteiger partial charge in [0.15, 0.2) is 11.6 Å². The van der Waals surface area contributed by atoms with E-state index >= 15 is 0 Å². The molecular formula is C15H13F2NO4. The molecule has 0 aliphatic rings. The molecule has 0 radical (unpaired) electrons. The van der Waals surface area contributed by atoms with Crippen LogP contribution in [-0.4, -0.2) is 29.3 Å². The Morgan fingerprint density at radius 2 is 2.00 bits per heavy atom. The number of hydrogen-bond acceptors (Lipinski definition) is 4. The SMILES string of the molecule is O=C(O)c1cc(NCCOc2cccc(F)c2F)ccc1O. The Morgan fingerprint density at radius 1 is 1.23 bits per heavy atom. The van der Waals surface area contributed by atoms with E-state index in [9.17, 15) is 18.7 Å². The van der Waals surface area contributed by atoms with Gasteiger partial charge in [-0.05, 0) is 30.3 Å². The first kappa shape index (κ1) is 15.6. The van der Waals surface area contributed by atoms with Gasteiger partial charge in [0.1, 0.15) is 17.9 Å². The Labute approximate surface area is 124 Å². The second-order valence-electron chi connectivity index (χ2n) is 4.36. The van der Waals surface area contributed by atoms with Gasteiger partial charge in [0, 0.05) is 12.2 Å². The molecule has 2 aromatic rings. The van der Waals surface area contributed by atoms with Crippen LogP contribution in [0, 0.1) is 11.6 Å². The number of hydrogen-bond donors (Lipinski definition) is 3. The summed E-state index contributed by atoms with van der Waals surface area (Å²) in [6.45, 7) is 0.281. The van der Waals surface area contributed by atoms with Crippen molar-refractivity contribution in [3.63, 3.8) is 0 Å². The summed E-state index contributed by atoms with van der Waals surface area (Å²) in [4.78, 5) is 10.9. The fourth-order valence-corrected chi connectivity index (χ4v) is 1.77. The average molecular weight is 309 g/mol. The molecule has 0 bridgehead atoms. The minimum Gasteiger partial charge on any atom is -0.507 e. The molecule has 0 aliphatic heterocycles. The van der Waals surface area contributed by atoms with Crippen LogP contribution in [0.1, 0.15) is 10.4 Å². The number of carboxylic acids is 1. The highest BCUT2D eigenvalue weighted by atomic mass is 19.2. The normalized spacial score (nSPS) is 10.3. The molecule has 3 N–H and O–H groups in total. The van der Waals surface area contributed by atoms with Gasteiger partial charge in [-0.25, -0.2) is 9.18 Å². The van der Waals surface area contributed by atoms with Crippen LogP contribution in [0.25, 0.3) is 0 Å². The summed E-state index contributed by atoms with van der Waals surface area (Å²) in [6, 6.07) is 7.63. The van der Waals surface area contributed by atoms with Gasteiger partial charge in [-0.15, -0.1) is 0 Å². The van der Waals surface area contributed by atoms with Crippen LogP contribution in [0.15, 0.2) is 36.4 Å². The molecule has 0 atom stereocenters. The first-order valence-corrected chi connectivity index (χ1v) is 6.36. The van der Waals surface area contributed by atoms with Crippen LogP contribution in [-0.2, 0) is 0 Å². The topological polar surface area (TPSA) is 78.8 Å². The molecule has 0 unspecified atom stereocenters. The molecule has 0 saturated carbocycles. The molecule has 2 aromatic carbocycles. The molecule has 0 spiro atoms. The Bertz CT molecular complexity index is 691. The summed E-state index contributed by atoms with van der Waals surface area (Å²) in [5, 5.41) is 21.1. The van der Waals surface area contributed by atoms with Crippen molar-refractivity contribution < 1.29 is 28.5 Å². The maximum absolute atomic E-state index is 13.3. The highest BCUT2D eigenvalue weighted by Crippen LogP contribution is 2.22. The molecule has 0 amide bonds. The summed E-state index contributed by atoms with van der Waals surface area (Å²) in [7, 11) is 0. The molecule has 116 valence electrons. The Kier molecular flexibility index (Phi) is 4.77. The minimum atomic E-state index is -1.25. The van der Waals surface area contributed by atoms with Gasteiger partial charge in [-0.1, -0.05) is 6.07 Å². The number of nitrogens with one attached hydrogen (secondary N) is 1. The number of carbonyl (C=O) groups is 1. The third kappa shape index (κ3) is 3.63. The fourth-order valence-electron chi connectivity index (χ4n) is 1.77. The van der Waals surface area contributed by atoms with Crippen LogP contribution in [0.5, 0.6) is 11.5 Å². The van der Waals surface area contributed by atoms with Crippen LogP contribution < -0.4 is 10.1 Å². The fraction of sp³-hybridized carbons (Fsp3) is 0.133. The lowest BCUT2D eigenvalue weighted by Gasteiger charge is -2.10. The quantitative estimate of drug-likeness (QED) is 0.565. The zero-order chi connectivity index (χ0) is 16.1. The molecule has 0 aliphatic carbocycles. The minimum absolute atomic E-state index is 0.0453. The third-order valence-corrected chi connectivity index (χ3v) is 2.83. The number of phenols is 1. The second kappa shape index (κ2) is 6.75. The molecule has 5 nitrogen and oxygen atoms in total. The van der Waals surface area contributed by atoms with E-state index in [0.717, 1.165) is 6.07 Å². The van der Waals surface area contributed by atoms with Gasteiger partial charge in [-0.2, -0.15) is 4.39 Å². The number of carboxylic acid groups (broad SMARTS) is 1. The van der Waals surface area contributed by atoms with Crippen LogP contribution >= 0.6 is 0 Å². The molecule has 2 rings (SSSR count). The Morgan fingerprint density at radius 3 is 2.73 bits per heavy atom. The van der Waals surface area contributed by atoms with Gasteiger partial charge >= 0.3 is 5.97 Å². The summed E-state index contributed by atoms with van der Waals surface area (Å²) in [5.41, 5.74) is 0.223. The van der Waals surface area contributed by atoms with Crippen LogP contribution in [0.2, 0.25) is 0 Å². The van der Waals surface area contributed by atoms with Crippen LogP contribution in [0.4, 0.5) is 14.5 Å². The number of halogens is 2. The maximum atomic E-state index is 13.3. The van der Waals surface area contributed by atoms with E-state index in [4.69, 9.17) is 9.84 Å². The molecule has 0 heterocycles. The van der Waals surface area contributed by atoms with E-state index in [1.165, 1.54) is 30.3 Å². The highest BCUT2D eigenvalue weighted by molar-refractivity contribution is 5.91. The maximum Gasteiger partial charge on any atom is 0.339 e. The van der Waals surface area contributed by atoms with Crippen molar-refractivity contribution in [2.24, 2.45) is 0 Å². The largest absolute Gasteiger partial charge is 0.507 e. The van der Waals surface area contributed by atoms with Gasteiger partial charge < -0.3 is 20.3 Å². The predicted molar refractivity (Wildman–Crippen MR) is 75.4 cm³/mol.